The van der Waals surface area contributed by atoms with Crippen molar-refractivity contribution in [2.24, 2.45) is 16.8 Å². The summed E-state index contributed by atoms with van der Waals surface area (Å²) in [6.07, 6.45) is 2.09. The van der Waals surface area contributed by atoms with E-state index in [0.29, 0.717) is 18.4 Å². The van der Waals surface area contributed by atoms with E-state index in [1.165, 1.54) is 6.07 Å². The molecular formula is C14H22N2O3S. The number of nitrogens with two attached hydrogens (primary N) is 2. The molecule has 0 aliphatic rings. The van der Waals surface area contributed by atoms with E-state index >= 15 is 0 Å². The number of carbonyl (C=O) groups is 1. The van der Waals surface area contributed by atoms with E-state index in [9.17, 15) is 13.2 Å². The van der Waals surface area contributed by atoms with E-state index in [2.05, 4.69) is 0 Å². The van der Waals surface area contributed by atoms with Crippen LogP contribution in [0.3, 0.4) is 0 Å². The highest BCUT2D eigenvalue weighted by Gasteiger charge is 2.23. The minimum atomic E-state index is -3.76. The summed E-state index contributed by atoms with van der Waals surface area (Å²) in [6.45, 7) is 3.87. The number of primary sulfonamides is 1. The van der Waals surface area contributed by atoms with Crippen LogP contribution in [0.25, 0.3) is 0 Å². The zero-order valence-electron chi connectivity index (χ0n) is 11.9. The molecule has 0 fully saturated rings. The Bertz CT molecular complexity index is 570. The Hall–Kier alpha value is -1.40. The lowest BCUT2D eigenvalue weighted by Crippen LogP contribution is -2.25. The predicted molar refractivity (Wildman–Crippen MR) is 78.4 cm³/mol. The van der Waals surface area contributed by atoms with Gasteiger partial charge in [-0.05, 0) is 30.4 Å². The Morgan fingerprint density at radius 1 is 1.30 bits per heavy atom. The molecule has 1 aromatic rings. The zero-order chi connectivity index (χ0) is 15.3. The second kappa shape index (κ2) is 6.85. The summed E-state index contributed by atoms with van der Waals surface area (Å²) in [5.74, 6) is -0.691. The molecular weight excluding hydrogens is 276 g/mol. The average Bonchev–Trinajstić information content (AvgIpc) is 2.37. The lowest BCUT2D eigenvalue weighted by atomic mass is 9.87. The quantitative estimate of drug-likeness (QED) is 0.801. The van der Waals surface area contributed by atoms with E-state index in [-0.39, 0.29) is 22.6 Å². The Morgan fingerprint density at radius 2 is 1.90 bits per heavy atom. The van der Waals surface area contributed by atoms with Crippen molar-refractivity contribution in [1.82, 2.24) is 0 Å². The van der Waals surface area contributed by atoms with Crippen LogP contribution in [-0.4, -0.2) is 14.3 Å². The number of carbonyl (C=O) groups excluding carboxylic acids is 1. The lowest BCUT2D eigenvalue weighted by Gasteiger charge is -2.20. The highest BCUT2D eigenvalue weighted by molar-refractivity contribution is 7.89. The zero-order valence-corrected chi connectivity index (χ0v) is 12.7. The van der Waals surface area contributed by atoms with Crippen LogP contribution < -0.4 is 10.9 Å². The number of amides is 1. The second-order valence-corrected chi connectivity index (χ2v) is 6.64. The topological polar surface area (TPSA) is 103 Å². The van der Waals surface area contributed by atoms with Crippen molar-refractivity contribution in [2.45, 2.75) is 43.9 Å². The summed E-state index contributed by atoms with van der Waals surface area (Å²) < 4.78 is 23.2. The average molecular weight is 298 g/mol. The minimum Gasteiger partial charge on any atom is -0.369 e. The normalized spacial score (nSPS) is 14.8. The molecule has 5 nitrogen and oxygen atoms in total. The van der Waals surface area contributed by atoms with Crippen LogP contribution >= 0.6 is 0 Å². The van der Waals surface area contributed by atoms with Crippen molar-refractivity contribution < 1.29 is 13.2 Å². The van der Waals surface area contributed by atoms with Gasteiger partial charge in [0, 0.05) is 5.92 Å². The first-order valence-corrected chi connectivity index (χ1v) is 8.23. The molecule has 6 heteroatoms. The fraction of sp³-hybridized carbons (Fsp3) is 0.500. The van der Waals surface area contributed by atoms with Crippen molar-refractivity contribution in [3.05, 3.63) is 29.8 Å². The highest BCUT2D eigenvalue weighted by Crippen LogP contribution is 2.29. The SMILES string of the molecule is CCCC(CC(C)c1ccccc1S(N)(=O)=O)C(N)=O. The third-order valence-electron chi connectivity index (χ3n) is 3.43. The maximum atomic E-state index is 11.6. The second-order valence-electron chi connectivity index (χ2n) is 5.11. The van der Waals surface area contributed by atoms with Gasteiger partial charge in [-0.25, -0.2) is 13.6 Å². The molecule has 1 rings (SSSR count). The standard InChI is InChI=1S/C14H22N2O3S/c1-3-6-11(14(15)17)9-10(2)12-7-4-5-8-13(12)20(16,18)19/h4-5,7-8,10-11H,3,6,9H2,1-2H3,(H2,15,17)(H2,16,18,19). The van der Waals surface area contributed by atoms with Crippen LogP contribution in [0.2, 0.25) is 0 Å². The summed E-state index contributed by atoms with van der Waals surface area (Å²) in [6, 6.07) is 6.61. The fourth-order valence-electron chi connectivity index (χ4n) is 2.43. The molecule has 0 spiro atoms. The third-order valence-corrected chi connectivity index (χ3v) is 4.42. The van der Waals surface area contributed by atoms with E-state index < -0.39 is 10.0 Å². The van der Waals surface area contributed by atoms with Gasteiger partial charge in [0.1, 0.15) is 0 Å². The molecule has 0 saturated heterocycles. The largest absolute Gasteiger partial charge is 0.369 e. The maximum Gasteiger partial charge on any atom is 0.238 e. The number of hydrogen-bond acceptors (Lipinski definition) is 3. The monoisotopic (exact) mass is 298 g/mol. The first-order valence-electron chi connectivity index (χ1n) is 6.68. The van der Waals surface area contributed by atoms with Gasteiger partial charge in [0.15, 0.2) is 0 Å². The van der Waals surface area contributed by atoms with E-state index in [1.54, 1.807) is 18.2 Å². The van der Waals surface area contributed by atoms with Crippen LogP contribution in [0.4, 0.5) is 0 Å². The first kappa shape index (κ1) is 16.7. The van der Waals surface area contributed by atoms with Gasteiger partial charge in [0.2, 0.25) is 15.9 Å². The fourth-order valence-corrected chi connectivity index (χ4v) is 3.29. The smallest absolute Gasteiger partial charge is 0.238 e. The summed E-state index contributed by atoms with van der Waals surface area (Å²) in [7, 11) is -3.76. The van der Waals surface area contributed by atoms with Gasteiger partial charge < -0.3 is 5.73 Å². The van der Waals surface area contributed by atoms with Crippen LogP contribution in [0.5, 0.6) is 0 Å². The molecule has 0 heterocycles. The first-order chi connectivity index (χ1) is 9.27. The third kappa shape index (κ3) is 4.31. The molecule has 20 heavy (non-hydrogen) atoms. The minimum absolute atomic E-state index is 0.103. The van der Waals surface area contributed by atoms with Gasteiger partial charge in [-0.1, -0.05) is 38.5 Å². The van der Waals surface area contributed by atoms with Gasteiger partial charge in [0.05, 0.1) is 4.90 Å². The van der Waals surface area contributed by atoms with Crippen molar-refractivity contribution in [2.75, 3.05) is 0 Å². The van der Waals surface area contributed by atoms with Gasteiger partial charge in [-0.2, -0.15) is 0 Å². The Labute approximate surface area is 120 Å². The van der Waals surface area contributed by atoms with Gasteiger partial charge in [-0.15, -0.1) is 0 Å². The molecule has 2 unspecified atom stereocenters. The lowest BCUT2D eigenvalue weighted by molar-refractivity contribution is -0.122. The van der Waals surface area contributed by atoms with Gasteiger partial charge in [0.25, 0.3) is 0 Å². The molecule has 0 aliphatic heterocycles. The van der Waals surface area contributed by atoms with Crippen LogP contribution in [-0.2, 0) is 14.8 Å². The molecule has 0 radical (unpaired) electrons. The maximum absolute atomic E-state index is 11.6. The summed E-state index contributed by atoms with van der Waals surface area (Å²) >= 11 is 0. The van der Waals surface area contributed by atoms with Crippen molar-refractivity contribution >= 4 is 15.9 Å². The van der Waals surface area contributed by atoms with Crippen LogP contribution in [0, 0.1) is 5.92 Å². The highest BCUT2D eigenvalue weighted by atomic mass is 32.2. The van der Waals surface area contributed by atoms with Crippen molar-refractivity contribution in [3.63, 3.8) is 0 Å². The van der Waals surface area contributed by atoms with Crippen LogP contribution in [0.1, 0.15) is 44.6 Å². The molecule has 2 atom stereocenters. The molecule has 0 aliphatic carbocycles. The summed E-state index contributed by atoms with van der Waals surface area (Å²) in [4.78, 5) is 11.5. The summed E-state index contributed by atoms with van der Waals surface area (Å²) in [5.41, 5.74) is 6.03. The van der Waals surface area contributed by atoms with Crippen molar-refractivity contribution in [1.29, 1.82) is 0 Å². The van der Waals surface area contributed by atoms with E-state index in [1.807, 2.05) is 13.8 Å². The molecule has 0 saturated carbocycles. The Balaban J connectivity index is 3.03. The molecule has 1 aromatic carbocycles. The number of rotatable bonds is 7. The predicted octanol–water partition coefficient (Wildman–Crippen LogP) is 1.73. The van der Waals surface area contributed by atoms with Gasteiger partial charge in [-0.3, -0.25) is 4.79 Å². The number of primary amides is 1. The van der Waals surface area contributed by atoms with E-state index in [4.69, 9.17) is 10.9 Å². The molecule has 0 bridgehead atoms. The summed E-state index contributed by atoms with van der Waals surface area (Å²) in [5, 5.41) is 5.23. The number of sulfonamides is 1. The van der Waals surface area contributed by atoms with Crippen LogP contribution in [0.15, 0.2) is 29.2 Å². The molecule has 4 N–H and O–H groups in total. The van der Waals surface area contributed by atoms with Crippen molar-refractivity contribution in [3.8, 4) is 0 Å². The number of benzene rings is 1. The Morgan fingerprint density at radius 3 is 2.40 bits per heavy atom. The molecule has 0 aromatic heterocycles. The van der Waals surface area contributed by atoms with Gasteiger partial charge >= 0.3 is 0 Å². The number of hydrogen-bond donors (Lipinski definition) is 2. The molecule has 112 valence electrons. The van der Waals surface area contributed by atoms with E-state index in [0.717, 1.165) is 6.42 Å². The molecule has 1 amide bonds. The Kier molecular flexibility index (Phi) is 5.71.